The van der Waals surface area contributed by atoms with E-state index in [2.05, 4.69) is 0 Å². The number of ether oxygens (including phenoxy) is 1. The van der Waals surface area contributed by atoms with Crippen LogP contribution >= 0.6 is 0 Å². The molecule has 0 aliphatic carbocycles. The Morgan fingerprint density at radius 3 is 2.50 bits per heavy atom. The standard InChI is InChI=1S/C15H21NO4/c1-2-20-15(19)9-8-14(18)16(10-11-17)12-13-6-4-3-5-7-13/h3-7,17H,2,8-12H2,1H3. The van der Waals surface area contributed by atoms with Crippen molar-refractivity contribution >= 4 is 11.9 Å². The summed E-state index contributed by atoms with van der Waals surface area (Å²) in [5.74, 6) is -0.527. The first-order chi connectivity index (χ1) is 9.67. The zero-order chi connectivity index (χ0) is 14.8. The topological polar surface area (TPSA) is 66.8 Å². The van der Waals surface area contributed by atoms with Crippen LogP contribution in [-0.4, -0.2) is 41.6 Å². The number of benzene rings is 1. The van der Waals surface area contributed by atoms with Crippen molar-refractivity contribution in [1.82, 2.24) is 4.90 Å². The zero-order valence-electron chi connectivity index (χ0n) is 11.7. The Balaban J connectivity index is 2.52. The van der Waals surface area contributed by atoms with E-state index in [4.69, 9.17) is 9.84 Å². The number of rotatable bonds is 8. The molecule has 0 fully saturated rings. The molecule has 0 radical (unpaired) electrons. The molecule has 5 heteroatoms. The number of aliphatic hydroxyl groups is 1. The van der Waals surface area contributed by atoms with Gasteiger partial charge in [-0.15, -0.1) is 0 Å². The number of nitrogens with zero attached hydrogens (tertiary/aromatic N) is 1. The third-order valence-corrected chi connectivity index (χ3v) is 2.79. The molecule has 1 rings (SSSR count). The van der Waals surface area contributed by atoms with E-state index in [1.807, 2.05) is 30.3 Å². The summed E-state index contributed by atoms with van der Waals surface area (Å²) in [5, 5.41) is 9.04. The van der Waals surface area contributed by atoms with E-state index >= 15 is 0 Å². The van der Waals surface area contributed by atoms with E-state index in [1.165, 1.54) is 0 Å². The van der Waals surface area contributed by atoms with Gasteiger partial charge < -0.3 is 14.7 Å². The molecule has 1 amide bonds. The molecule has 0 aliphatic rings. The molecule has 0 saturated heterocycles. The number of carbonyl (C=O) groups excluding carboxylic acids is 2. The van der Waals surface area contributed by atoms with Gasteiger partial charge in [0.1, 0.15) is 0 Å². The molecule has 0 unspecified atom stereocenters. The normalized spacial score (nSPS) is 10.1. The largest absolute Gasteiger partial charge is 0.466 e. The van der Waals surface area contributed by atoms with Crippen LogP contribution in [0.3, 0.4) is 0 Å². The van der Waals surface area contributed by atoms with Gasteiger partial charge in [0.05, 0.1) is 19.6 Å². The number of hydrogen-bond acceptors (Lipinski definition) is 4. The first-order valence-electron chi connectivity index (χ1n) is 6.75. The van der Waals surface area contributed by atoms with Crippen LogP contribution < -0.4 is 0 Å². The minimum Gasteiger partial charge on any atom is -0.466 e. The highest BCUT2D eigenvalue weighted by Crippen LogP contribution is 2.07. The second kappa shape index (κ2) is 9.09. The quantitative estimate of drug-likeness (QED) is 0.729. The molecular weight excluding hydrogens is 258 g/mol. The average Bonchev–Trinajstić information content (AvgIpc) is 2.46. The molecule has 5 nitrogen and oxygen atoms in total. The Labute approximate surface area is 119 Å². The maximum atomic E-state index is 12.1. The Morgan fingerprint density at radius 2 is 1.90 bits per heavy atom. The lowest BCUT2D eigenvalue weighted by Gasteiger charge is -2.21. The van der Waals surface area contributed by atoms with Gasteiger partial charge in [-0.25, -0.2) is 0 Å². The SMILES string of the molecule is CCOC(=O)CCC(=O)N(CCO)Cc1ccccc1. The number of aliphatic hydroxyl groups excluding tert-OH is 1. The Bertz CT molecular complexity index is 419. The van der Waals surface area contributed by atoms with Crippen molar-refractivity contribution in [3.63, 3.8) is 0 Å². The molecule has 0 spiro atoms. The van der Waals surface area contributed by atoms with Crippen molar-refractivity contribution in [1.29, 1.82) is 0 Å². The van der Waals surface area contributed by atoms with Crippen molar-refractivity contribution in [3.05, 3.63) is 35.9 Å². The van der Waals surface area contributed by atoms with Crippen LogP contribution in [0.4, 0.5) is 0 Å². The van der Waals surface area contributed by atoms with Crippen LogP contribution in [0.25, 0.3) is 0 Å². The predicted octanol–water partition coefficient (Wildman–Crippen LogP) is 1.35. The minimum absolute atomic E-state index is 0.0728. The molecule has 0 saturated carbocycles. The highest BCUT2D eigenvalue weighted by Gasteiger charge is 2.15. The maximum Gasteiger partial charge on any atom is 0.306 e. The third-order valence-electron chi connectivity index (χ3n) is 2.79. The highest BCUT2D eigenvalue weighted by molar-refractivity contribution is 5.81. The maximum absolute atomic E-state index is 12.1. The van der Waals surface area contributed by atoms with Crippen LogP contribution in [0.2, 0.25) is 0 Å². The van der Waals surface area contributed by atoms with Crippen molar-refractivity contribution in [2.45, 2.75) is 26.3 Å². The molecule has 1 N–H and O–H groups in total. The summed E-state index contributed by atoms with van der Waals surface area (Å²) in [7, 11) is 0. The van der Waals surface area contributed by atoms with Gasteiger partial charge in [0, 0.05) is 19.5 Å². The van der Waals surface area contributed by atoms with Gasteiger partial charge in [-0.2, -0.15) is 0 Å². The van der Waals surface area contributed by atoms with Crippen LogP contribution in [0.15, 0.2) is 30.3 Å². The third kappa shape index (κ3) is 5.84. The van der Waals surface area contributed by atoms with E-state index in [0.29, 0.717) is 13.2 Å². The monoisotopic (exact) mass is 279 g/mol. The summed E-state index contributed by atoms with van der Waals surface area (Å²) in [4.78, 5) is 24.8. The molecule has 0 aromatic heterocycles. The van der Waals surface area contributed by atoms with E-state index in [0.717, 1.165) is 5.56 Å². The molecule has 0 heterocycles. The second-order valence-corrected chi connectivity index (χ2v) is 4.33. The van der Waals surface area contributed by atoms with Gasteiger partial charge in [-0.1, -0.05) is 30.3 Å². The summed E-state index contributed by atoms with van der Waals surface area (Å²) in [5.41, 5.74) is 0.991. The first-order valence-corrected chi connectivity index (χ1v) is 6.75. The molecule has 0 bridgehead atoms. The van der Waals surface area contributed by atoms with Crippen molar-refractivity contribution < 1.29 is 19.4 Å². The van der Waals surface area contributed by atoms with Crippen LogP contribution in [0.1, 0.15) is 25.3 Å². The van der Waals surface area contributed by atoms with Crippen LogP contribution in [-0.2, 0) is 20.9 Å². The second-order valence-electron chi connectivity index (χ2n) is 4.33. The highest BCUT2D eigenvalue weighted by atomic mass is 16.5. The minimum atomic E-state index is -0.371. The van der Waals surface area contributed by atoms with Crippen molar-refractivity contribution in [3.8, 4) is 0 Å². The van der Waals surface area contributed by atoms with Crippen molar-refractivity contribution in [2.75, 3.05) is 19.8 Å². The summed E-state index contributed by atoms with van der Waals surface area (Å²) in [6, 6.07) is 9.54. The fourth-order valence-corrected chi connectivity index (χ4v) is 1.82. The molecule has 1 aromatic rings. The summed E-state index contributed by atoms with van der Waals surface area (Å²) in [6.07, 6.45) is 0.176. The van der Waals surface area contributed by atoms with E-state index in [1.54, 1.807) is 11.8 Å². The molecular formula is C15H21NO4. The van der Waals surface area contributed by atoms with Gasteiger partial charge in [0.2, 0.25) is 5.91 Å². The van der Waals surface area contributed by atoms with E-state index in [9.17, 15) is 9.59 Å². The Hall–Kier alpha value is -1.88. The van der Waals surface area contributed by atoms with Crippen molar-refractivity contribution in [2.24, 2.45) is 0 Å². The first kappa shape index (κ1) is 16.2. The fourth-order valence-electron chi connectivity index (χ4n) is 1.82. The summed E-state index contributed by atoms with van der Waals surface area (Å²) >= 11 is 0. The predicted molar refractivity (Wildman–Crippen MR) is 74.8 cm³/mol. The number of esters is 1. The lowest BCUT2D eigenvalue weighted by Crippen LogP contribution is -2.33. The number of carbonyl (C=O) groups is 2. The summed E-state index contributed by atoms with van der Waals surface area (Å²) < 4.78 is 4.79. The van der Waals surface area contributed by atoms with Crippen LogP contribution in [0.5, 0.6) is 0 Å². The number of hydrogen-bond donors (Lipinski definition) is 1. The lowest BCUT2D eigenvalue weighted by molar-refractivity contribution is -0.145. The number of amides is 1. The summed E-state index contributed by atoms with van der Waals surface area (Å²) in [6.45, 7) is 2.64. The molecule has 20 heavy (non-hydrogen) atoms. The molecule has 0 aliphatic heterocycles. The van der Waals surface area contributed by atoms with E-state index in [-0.39, 0.29) is 37.9 Å². The average molecular weight is 279 g/mol. The Morgan fingerprint density at radius 1 is 1.20 bits per heavy atom. The lowest BCUT2D eigenvalue weighted by atomic mass is 10.2. The van der Waals surface area contributed by atoms with E-state index < -0.39 is 0 Å². The van der Waals surface area contributed by atoms with Gasteiger partial charge in [-0.3, -0.25) is 9.59 Å². The smallest absolute Gasteiger partial charge is 0.306 e. The van der Waals surface area contributed by atoms with Gasteiger partial charge in [0.15, 0.2) is 0 Å². The van der Waals surface area contributed by atoms with Crippen LogP contribution in [0, 0.1) is 0 Å². The fraction of sp³-hybridized carbons (Fsp3) is 0.467. The van der Waals surface area contributed by atoms with Gasteiger partial charge in [0.25, 0.3) is 0 Å². The van der Waals surface area contributed by atoms with Gasteiger partial charge in [-0.05, 0) is 12.5 Å². The molecule has 0 atom stereocenters. The molecule has 1 aromatic carbocycles. The van der Waals surface area contributed by atoms with Gasteiger partial charge >= 0.3 is 5.97 Å². The Kier molecular flexibility index (Phi) is 7.35. The zero-order valence-corrected chi connectivity index (χ0v) is 11.7. The molecule has 110 valence electrons.